The number of carboxylic acid groups (broad SMARTS) is 2. The van der Waals surface area contributed by atoms with E-state index in [4.69, 9.17) is 10.2 Å². The lowest BCUT2D eigenvalue weighted by Crippen LogP contribution is -2.29. The normalized spacial score (nSPS) is 12.8. The van der Waals surface area contributed by atoms with Gasteiger partial charge in [-0.3, -0.25) is 9.59 Å². The Kier molecular flexibility index (Phi) is 15.3. The molecular formula is C21H38O4. The van der Waals surface area contributed by atoms with Crippen LogP contribution in [-0.4, -0.2) is 22.2 Å². The fraction of sp³-hybridized carbons (Fsp3) is 0.810. The van der Waals surface area contributed by atoms with Crippen LogP contribution < -0.4 is 0 Å². The summed E-state index contributed by atoms with van der Waals surface area (Å²) in [5.41, 5.74) is 0. The Balaban J connectivity index is 3.50. The van der Waals surface area contributed by atoms with Gasteiger partial charge in [-0.2, -0.15) is 0 Å². The molecule has 0 aliphatic rings. The van der Waals surface area contributed by atoms with Crippen molar-refractivity contribution in [2.75, 3.05) is 0 Å². The molecule has 0 rings (SSSR count). The zero-order valence-electron chi connectivity index (χ0n) is 16.2. The van der Waals surface area contributed by atoms with Crippen molar-refractivity contribution >= 4 is 11.9 Å². The Hall–Kier alpha value is -1.32. The lowest BCUT2D eigenvalue weighted by Gasteiger charge is -2.15. The molecule has 0 fully saturated rings. The van der Waals surface area contributed by atoms with Gasteiger partial charge < -0.3 is 10.2 Å². The van der Waals surface area contributed by atoms with Crippen LogP contribution in [0, 0.1) is 11.8 Å². The topological polar surface area (TPSA) is 74.6 Å². The zero-order valence-corrected chi connectivity index (χ0v) is 16.2. The van der Waals surface area contributed by atoms with Crippen LogP contribution in [0.4, 0.5) is 0 Å². The lowest BCUT2D eigenvalue weighted by molar-refractivity contribution is -0.157. The summed E-state index contributed by atoms with van der Waals surface area (Å²) in [5, 5.41) is 17.9. The molecule has 146 valence electrons. The molecule has 1 unspecified atom stereocenters. The second kappa shape index (κ2) is 16.2. The summed E-state index contributed by atoms with van der Waals surface area (Å²) in [4.78, 5) is 21.9. The highest BCUT2D eigenvalue weighted by Gasteiger charge is 2.31. The van der Waals surface area contributed by atoms with E-state index in [2.05, 4.69) is 19.1 Å². The first kappa shape index (κ1) is 23.7. The van der Waals surface area contributed by atoms with Gasteiger partial charge in [-0.1, -0.05) is 77.4 Å². The standard InChI is InChI=1S/C21H38O4/c1-3-4-5-6-7-8-9-10-11-12-13-14-15-16-17-18(2)19(20(22)23)21(24)25/h10-11,18-19H,3-9,12-17H2,1-2H3,(H,22,23)(H,24,25). The molecule has 0 aliphatic carbocycles. The minimum atomic E-state index is -1.27. The van der Waals surface area contributed by atoms with Crippen LogP contribution in [0.2, 0.25) is 0 Å². The number of carbonyl (C=O) groups is 2. The number of carboxylic acids is 2. The molecule has 0 heterocycles. The molecule has 1 atom stereocenters. The summed E-state index contributed by atoms with van der Waals surface area (Å²) in [6.45, 7) is 3.96. The van der Waals surface area contributed by atoms with Crippen molar-refractivity contribution in [3.63, 3.8) is 0 Å². The van der Waals surface area contributed by atoms with Crippen LogP contribution >= 0.6 is 0 Å². The molecule has 0 spiro atoms. The third-order valence-corrected chi connectivity index (χ3v) is 4.77. The highest BCUT2D eigenvalue weighted by atomic mass is 16.4. The van der Waals surface area contributed by atoms with Crippen LogP contribution in [0.5, 0.6) is 0 Å². The molecule has 0 aliphatic heterocycles. The predicted molar refractivity (Wildman–Crippen MR) is 103 cm³/mol. The van der Waals surface area contributed by atoms with Gasteiger partial charge in [0.25, 0.3) is 0 Å². The smallest absolute Gasteiger partial charge is 0.318 e. The minimum absolute atomic E-state index is 0.313. The van der Waals surface area contributed by atoms with Crippen molar-refractivity contribution in [3.05, 3.63) is 12.2 Å². The summed E-state index contributed by atoms with van der Waals surface area (Å²) in [6.07, 6.45) is 19.8. The average molecular weight is 355 g/mol. The van der Waals surface area contributed by atoms with E-state index in [1.54, 1.807) is 6.92 Å². The maximum atomic E-state index is 10.9. The molecule has 4 heteroatoms. The Morgan fingerprint density at radius 1 is 0.760 bits per heavy atom. The summed E-state index contributed by atoms with van der Waals surface area (Å²) < 4.78 is 0. The molecule has 2 N–H and O–H groups in total. The fourth-order valence-electron chi connectivity index (χ4n) is 3.12. The van der Waals surface area contributed by atoms with Gasteiger partial charge in [0, 0.05) is 0 Å². The third kappa shape index (κ3) is 13.6. The van der Waals surface area contributed by atoms with E-state index in [0.29, 0.717) is 6.42 Å². The molecule has 0 amide bonds. The van der Waals surface area contributed by atoms with Crippen molar-refractivity contribution in [1.82, 2.24) is 0 Å². The van der Waals surface area contributed by atoms with E-state index in [-0.39, 0.29) is 5.92 Å². The van der Waals surface area contributed by atoms with Gasteiger partial charge in [-0.05, 0) is 38.0 Å². The molecule has 0 radical (unpaired) electrons. The van der Waals surface area contributed by atoms with Gasteiger partial charge in [0.2, 0.25) is 0 Å². The Labute approximate surface area is 153 Å². The Morgan fingerprint density at radius 2 is 1.20 bits per heavy atom. The second-order valence-electron chi connectivity index (χ2n) is 7.15. The van der Waals surface area contributed by atoms with E-state index < -0.39 is 17.9 Å². The Morgan fingerprint density at radius 3 is 1.68 bits per heavy atom. The van der Waals surface area contributed by atoms with E-state index in [1.165, 1.54) is 44.9 Å². The van der Waals surface area contributed by atoms with Crippen LogP contribution in [0.3, 0.4) is 0 Å². The summed E-state index contributed by atoms with van der Waals surface area (Å²) >= 11 is 0. The molecule has 0 bridgehead atoms. The molecule has 0 aromatic heterocycles. The first-order chi connectivity index (χ1) is 12.0. The van der Waals surface area contributed by atoms with Crippen molar-refractivity contribution in [1.29, 1.82) is 0 Å². The average Bonchev–Trinajstić information content (AvgIpc) is 2.54. The van der Waals surface area contributed by atoms with Crippen LogP contribution in [0.15, 0.2) is 12.2 Å². The van der Waals surface area contributed by atoms with Crippen molar-refractivity contribution in [3.8, 4) is 0 Å². The SMILES string of the molecule is CCCCCCCCC=CCCCCCCC(C)C(C(=O)O)C(=O)O. The number of rotatable bonds is 17. The summed E-state index contributed by atoms with van der Waals surface area (Å²) in [7, 11) is 0. The van der Waals surface area contributed by atoms with Gasteiger partial charge in [-0.15, -0.1) is 0 Å². The zero-order chi connectivity index (χ0) is 18.9. The summed E-state index contributed by atoms with van der Waals surface area (Å²) in [5.74, 6) is -4.04. The Bertz CT molecular complexity index is 362. The van der Waals surface area contributed by atoms with Crippen molar-refractivity contribution in [2.24, 2.45) is 11.8 Å². The van der Waals surface area contributed by atoms with Crippen molar-refractivity contribution in [2.45, 2.75) is 97.3 Å². The largest absolute Gasteiger partial charge is 0.481 e. The maximum Gasteiger partial charge on any atom is 0.318 e. The van der Waals surface area contributed by atoms with Crippen LogP contribution in [-0.2, 0) is 9.59 Å². The monoisotopic (exact) mass is 354 g/mol. The quantitative estimate of drug-likeness (QED) is 0.189. The first-order valence-electron chi connectivity index (χ1n) is 10.1. The maximum absolute atomic E-state index is 10.9. The number of allylic oxidation sites excluding steroid dienone is 2. The third-order valence-electron chi connectivity index (χ3n) is 4.77. The van der Waals surface area contributed by atoms with Gasteiger partial charge in [0.15, 0.2) is 5.92 Å². The molecule has 4 nitrogen and oxygen atoms in total. The second-order valence-corrected chi connectivity index (χ2v) is 7.15. The minimum Gasteiger partial charge on any atom is -0.481 e. The molecular weight excluding hydrogens is 316 g/mol. The number of hydrogen-bond donors (Lipinski definition) is 2. The van der Waals surface area contributed by atoms with E-state index in [0.717, 1.165) is 32.1 Å². The van der Waals surface area contributed by atoms with Gasteiger partial charge in [-0.25, -0.2) is 0 Å². The van der Waals surface area contributed by atoms with Crippen LogP contribution in [0.1, 0.15) is 97.3 Å². The first-order valence-corrected chi connectivity index (χ1v) is 10.1. The van der Waals surface area contributed by atoms with E-state index in [9.17, 15) is 9.59 Å². The number of aliphatic carboxylic acids is 2. The van der Waals surface area contributed by atoms with Crippen molar-refractivity contribution < 1.29 is 19.8 Å². The highest BCUT2D eigenvalue weighted by molar-refractivity contribution is 5.93. The van der Waals surface area contributed by atoms with Gasteiger partial charge >= 0.3 is 11.9 Å². The molecule has 0 saturated heterocycles. The van der Waals surface area contributed by atoms with E-state index >= 15 is 0 Å². The fourth-order valence-corrected chi connectivity index (χ4v) is 3.12. The highest BCUT2D eigenvalue weighted by Crippen LogP contribution is 2.20. The molecule has 0 aromatic rings. The lowest BCUT2D eigenvalue weighted by atomic mass is 9.89. The molecule has 0 aromatic carbocycles. The predicted octanol–water partition coefficient (Wildman–Crippen LogP) is 6.06. The number of unbranched alkanes of at least 4 members (excludes halogenated alkanes) is 10. The molecule has 25 heavy (non-hydrogen) atoms. The van der Waals surface area contributed by atoms with E-state index in [1.807, 2.05) is 0 Å². The van der Waals surface area contributed by atoms with Crippen LogP contribution in [0.25, 0.3) is 0 Å². The number of hydrogen-bond acceptors (Lipinski definition) is 2. The van der Waals surface area contributed by atoms with Gasteiger partial charge in [0.05, 0.1) is 0 Å². The summed E-state index contributed by atoms with van der Waals surface area (Å²) in [6, 6.07) is 0. The molecule has 0 saturated carbocycles. The van der Waals surface area contributed by atoms with Gasteiger partial charge in [0.1, 0.15) is 0 Å².